The number of allylic oxidation sites excluding steroid dienone is 2. The fourth-order valence-corrected chi connectivity index (χ4v) is 8.93. The van der Waals surface area contributed by atoms with E-state index in [1.165, 1.54) is 47.9 Å². The van der Waals surface area contributed by atoms with Crippen LogP contribution in [0.3, 0.4) is 0 Å². The van der Waals surface area contributed by atoms with Crippen LogP contribution in [0.25, 0.3) is 23.5 Å². The SMILES string of the molecule is CCOc1ccc(/C=C/C2=Cc3c(sc(NC(=O)CSc4nnc(-c5cccc(C)c5)n4[C@@H]4CCCC[C@H]4C)c3C#N)C(C)(C)C2)cc1. The topological polar surface area (TPSA) is 92.8 Å². The van der Waals surface area contributed by atoms with E-state index in [0.29, 0.717) is 23.1 Å². The highest BCUT2D eigenvalue weighted by molar-refractivity contribution is 7.99. The van der Waals surface area contributed by atoms with E-state index >= 15 is 0 Å². The van der Waals surface area contributed by atoms with Gasteiger partial charge in [-0.25, -0.2) is 0 Å². The standard InChI is InChI=1S/C39H43N5O2S2/c1-6-46-30-18-16-27(17-19-30)14-15-28-21-31-32(23-40)37(48-35(31)39(4,5)22-28)41-34(45)24-47-38-43-42-36(29-12-9-10-25(2)20-29)44(38)33-13-8-7-11-26(33)3/h9-10,12,14-21,26,33H,6-8,11,13,22,24H2,1-5H3,(H,41,45)/b15-14+/t26-,33-/m1/s1. The van der Waals surface area contributed by atoms with Gasteiger partial charge < -0.3 is 10.1 Å². The van der Waals surface area contributed by atoms with Crippen LogP contribution in [-0.2, 0) is 10.2 Å². The van der Waals surface area contributed by atoms with Crippen molar-refractivity contribution in [2.24, 2.45) is 5.92 Å². The zero-order chi connectivity index (χ0) is 33.8. The quantitative estimate of drug-likeness (QED) is 0.168. The molecule has 1 saturated carbocycles. The van der Waals surface area contributed by atoms with Gasteiger partial charge in [0.2, 0.25) is 5.91 Å². The molecule has 2 aromatic carbocycles. The third-order valence-electron chi connectivity index (χ3n) is 9.25. The maximum atomic E-state index is 13.5. The van der Waals surface area contributed by atoms with Gasteiger partial charge in [0.15, 0.2) is 11.0 Å². The molecule has 9 heteroatoms. The molecule has 0 bridgehead atoms. The number of fused-ring (bicyclic) bond motifs is 1. The predicted octanol–water partition coefficient (Wildman–Crippen LogP) is 9.85. The van der Waals surface area contributed by atoms with Crippen molar-refractivity contribution in [1.82, 2.24) is 14.8 Å². The summed E-state index contributed by atoms with van der Waals surface area (Å²) in [7, 11) is 0. The highest BCUT2D eigenvalue weighted by Crippen LogP contribution is 2.48. The summed E-state index contributed by atoms with van der Waals surface area (Å²) < 4.78 is 7.84. The van der Waals surface area contributed by atoms with Crippen molar-refractivity contribution in [1.29, 1.82) is 5.26 Å². The Labute approximate surface area is 292 Å². The Kier molecular flexibility index (Phi) is 10.2. The van der Waals surface area contributed by atoms with Crippen LogP contribution >= 0.6 is 23.1 Å². The Bertz CT molecular complexity index is 1890. The number of carbonyl (C=O) groups excluding carboxylic acids is 1. The van der Waals surface area contributed by atoms with Crippen LogP contribution in [0.15, 0.2) is 65.3 Å². The minimum atomic E-state index is -0.185. The van der Waals surface area contributed by atoms with E-state index in [4.69, 9.17) is 4.74 Å². The molecule has 248 valence electrons. The predicted molar refractivity (Wildman–Crippen MR) is 198 cm³/mol. The summed E-state index contributed by atoms with van der Waals surface area (Å²) in [4.78, 5) is 14.6. The molecule has 7 nitrogen and oxygen atoms in total. The van der Waals surface area contributed by atoms with E-state index in [9.17, 15) is 10.1 Å². The number of thioether (sulfide) groups is 1. The van der Waals surface area contributed by atoms with Crippen molar-refractivity contribution in [3.8, 4) is 23.2 Å². The van der Waals surface area contributed by atoms with Crippen LogP contribution in [0.4, 0.5) is 5.00 Å². The molecular formula is C39H43N5O2S2. The largest absolute Gasteiger partial charge is 0.494 e. The van der Waals surface area contributed by atoms with Gasteiger partial charge in [0.1, 0.15) is 16.8 Å². The van der Waals surface area contributed by atoms with Gasteiger partial charge in [-0.15, -0.1) is 21.5 Å². The van der Waals surface area contributed by atoms with Crippen molar-refractivity contribution < 1.29 is 9.53 Å². The fraction of sp³-hybridized carbons (Fsp3) is 0.385. The lowest BCUT2D eigenvalue weighted by molar-refractivity contribution is -0.113. The molecule has 48 heavy (non-hydrogen) atoms. The number of carbonyl (C=O) groups is 1. The Morgan fingerprint density at radius 3 is 2.69 bits per heavy atom. The monoisotopic (exact) mass is 677 g/mol. The van der Waals surface area contributed by atoms with Crippen molar-refractivity contribution >= 4 is 46.2 Å². The van der Waals surface area contributed by atoms with Crippen LogP contribution in [0.5, 0.6) is 5.75 Å². The molecule has 0 unspecified atom stereocenters. The molecule has 2 heterocycles. The number of amides is 1. The van der Waals surface area contributed by atoms with E-state index in [-0.39, 0.29) is 23.1 Å². The average molecular weight is 678 g/mol. The lowest BCUT2D eigenvalue weighted by atomic mass is 9.77. The molecule has 0 spiro atoms. The number of hydrogen-bond acceptors (Lipinski definition) is 7. The Morgan fingerprint density at radius 2 is 1.96 bits per heavy atom. The van der Waals surface area contributed by atoms with Gasteiger partial charge in [0.25, 0.3) is 0 Å². The normalized spacial score (nSPS) is 18.6. The van der Waals surface area contributed by atoms with Gasteiger partial charge >= 0.3 is 0 Å². The number of rotatable bonds is 10. The minimum Gasteiger partial charge on any atom is -0.494 e. The molecule has 2 aliphatic rings. The summed E-state index contributed by atoms with van der Waals surface area (Å²) in [6.45, 7) is 11.4. The van der Waals surface area contributed by atoms with Crippen molar-refractivity contribution in [3.63, 3.8) is 0 Å². The molecule has 6 rings (SSSR count). The lowest BCUT2D eigenvalue weighted by Crippen LogP contribution is -2.23. The zero-order valence-corrected chi connectivity index (χ0v) is 30.0. The first-order chi connectivity index (χ1) is 23.2. The number of aromatic nitrogens is 3. The summed E-state index contributed by atoms with van der Waals surface area (Å²) in [5, 5.41) is 24.0. The Morgan fingerprint density at radius 1 is 1.17 bits per heavy atom. The van der Waals surface area contributed by atoms with E-state index < -0.39 is 0 Å². The van der Waals surface area contributed by atoms with Crippen LogP contribution < -0.4 is 10.1 Å². The van der Waals surface area contributed by atoms with E-state index in [0.717, 1.165) is 56.7 Å². The highest BCUT2D eigenvalue weighted by Gasteiger charge is 2.34. The van der Waals surface area contributed by atoms with Crippen LogP contribution in [-0.4, -0.2) is 33.0 Å². The smallest absolute Gasteiger partial charge is 0.235 e. The first-order valence-corrected chi connectivity index (χ1v) is 18.6. The van der Waals surface area contributed by atoms with Crippen molar-refractivity contribution in [3.05, 3.63) is 87.3 Å². The maximum Gasteiger partial charge on any atom is 0.235 e. The zero-order valence-electron chi connectivity index (χ0n) is 28.4. The first-order valence-electron chi connectivity index (χ1n) is 16.8. The van der Waals surface area contributed by atoms with Gasteiger partial charge in [0, 0.05) is 27.5 Å². The molecule has 0 aliphatic heterocycles. The number of nitriles is 1. The van der Waals surface area contributed by atoms with Gasteiger partial charge in [-0.05, 0) is 74.4 Å². The van der Waals surface area contributed by atoms with E-state index in [1.54, 1.807) is 0 Å². The van der Waals surface area contributed by atoms with Gasteiger partial charge in [0.05, 0.1) is 17.9 Å². The second kappa shape index (κ2) is 14.6. The van der Waals surface area contributed by atoms with E-state index in [2.05, 4.69) is 96.3 Å². The molecule has 2 aliphatic carbocycles. The van der Waals surface area contributed by atoms with E-state index in [1.807, 2.05) is 31.2 Å². The lowest BCUT2D eigenvalue weighted by Gasteiger charge is -2.31. The molecule has 1 N–H and O–H groups in total. The number of thiophene rings is 1. The number of benzene rings is 2. The number of ether oxygens (including phenoxy) is 1. The molecule has 0 saturated heterocycles. The maximum absolute atomic E-state index is 13.5. The molecule has 2 aromatic heterocycles. The molecule has 1 fully saturated rings. The second-order valence-electron chi connectivity index (χ2n) is 13.5. The molecule has 4 aromatic rings. The van der Waals surface area contributed by atoms with Gasteiger partial charge in [-0.3, -0.25) is 9.36 Å². The van der Waals surface area contributed by atoms with Crippen LogP contribution in [0.2, 0.25) is 0 Å². The highest BCUT2D eigenvalue weighted by atomic mass is 32.2. The van der Waals surface area contributed by atoms with Crippen LogP contribution in [0, 0.1) is 24.2 Å². The first kappa shape index (κ1) is 33.8. The average Bonchev–Trinajstić information content (AvgIpc) is 3.65. The number of aryl methyl sites for hydroxylation is 1. The third-order valence-corrected chi connectivity index (χ3v) is 11.7. The Balaban J connectivity index is 1.21. The molecule has 1 amide bonds. The summed E-state index contributed by atoms with van der Waals surface area (Å²) in [5.74, 6) is 2.24. The number of anilines is 1. The number of nitrogens with zero attached hydrogens (tertiary/aromatic N) is 4. The Hall–Kier alpha value is -4.13. The minimum absolute atomic E-state index is 0.157. The summed E-state index contributed by atoms with van der Waals surface area (Å²) in [6.07, 6.45) is 11.8. The molecular weight excluding hydrogens is 635 g/mol. The summed E-state index contributed by atoms with van der Waals surface area (Å²) in [6, 6.07) is 19.1. The van der Waals surface area contributed by atoms with Crippen molar-refractivity contribution in [2.75, 3.05) is 17.7 Å². The van der Waals surface area contributed by atoms with Crippen molar-refractivity contribution in [2.45, 2.75) is 83.3 Å². The van der Waals surface area contributed by atoms with Crippen LogP contribution in [0.1, 0.15) is 93.0 Å². The molecule has 0 radical (unpaired) electrons. The number of hydrogen-bond donors (Lipinski definition) is 1. The third kappa shape index (κ3) is 7.30. The number of nitrogens with one attached hydrogen (secondary N) is 1. The summed E-state index contributed by atoms with van der Waals surface area (Å²) in [5.41, 5.74) is 5.69. The second-order valence-corrected chi connectivity index (χ2v) is 15.5. The fourth-order valence-electron chi connectivity index (χ4n) is 6.89. The van der Waals surface area contributed by atoms with Gasteiger partial charge in [-0.2, -0.15) is 5.26 Å². The van der Waals surface area contributed by atoms with Gasteiger partial charge in [-0.1, -0.05) is 93.4 Å². The molecule has 2 atom stereocenters. The summed E-state index contributed by atoms with van der Waals surface area (Å²) >= 11 is 2.93.